The average Bonchev–Trinajstić information content (AvgIpc) is 2.58. The van der Waals surface area contributed by atoms with Crippen LogP contribution in [0.3, 0.4) is 0 Å². The lowest BCUT2D eigenvalue weighted by atomic mass is 9.86. The Morgan fingerprint density at radius 3 is 2.15 bits per heavy atom. The van der Waals surface area contributed by atoms with Crippen LogP contribution in [0, 0.1) is 20.8 Å². The summed E-state index contributed by atoms with van der Waals surface area (Å²) in [5, 5.41) is 3.06. The Balaban J connectivity index is 2.03. The minimum Gasteiger partial charge on any atom is -0.481 e. The smallest absolute Gasteiger partial charge is 0.261 e. The van der Waals surface area contributed by atoms with Crippen molar-refractivity contribution in [2.45, 2.75) is 73.0 Å². The number of aryl methyl sites for hydroxylation is 2. The molecule has 2 aromatic carbocycles. The standard InChI is InChI=1S/C24H33NO2/c1-15-13-16(2)17(3)22(14-15)27-19(5)23(26)25-18(4)20-9-11-21(12-10-20)24(6,7)8/h9-14,18-19H,1-8H3,(H,25,26)/t18-,19+/m0/s1. The molecule has 0 saturated heterocycles. The molecule has 2 atom stereocenters. The number of carbonyl (C=O) groups excluding carboxylic acids is 1. The Morgan fingerprint density at radius 1 is 1.00 bits per heavy atom. The fraction of sp³-hybridized carbons (Fsp3) is 0.458. The zero-order valence-electron chi connectivity index (χ0n) is 17.9. The predicted octanol–water partition coefficient (Wildman–Crippen LogP) is 5.55. The highest BCUT2D eigenvalue weighted by molar-refractivity contribution is 5.81. The zero-order valence-corrected chi connectivity index (χ0v) is 17.9. The van der Waals surface area contributed by atoms with Gasteiger partial charge in [0.25, 0.3) is 5.91 Å². The molecule has 2 aromatic rings. The maximum Gasteiger partial charge on any atom is 0.261 e. The Hall–Kier alpha value is -2.29. The van der Waals surface area contributed by atoms with Gasteiger partial charge in [0, 0.05) is 0 Å². The third-order valence-corrected chi connectivity index (χ3v) is 5.07. The number of hydrogen-bond acceptors (Lipinski definition) is 2. The molecule has 1 N–H and O–H groups in total. The molecule has 0 aliphatic heterocycles. The van der Waals surface area contributed by atoms with Gasteiger partial charge in [-0.2, -0.15) is 0 Å². The number of hydrogen-bond donors (Lipinski definition) is 1. The van der Waals surface area contributed by atoms with Crippen LogP contribution in [0.5, 0.6) is 5.75 Å². The van der Waals surface area contributed by atoms with Gasteiger partial charge in [0.05, 0.1) is 6.04 Å². The van der Waals surface area contributed by atoms with Crippen molar-refractivity contribution in [2.24, 2.45) is 0 Å². The van der Waals surface area contributed by atoms with Gasteiger partial charge in [-0.25, -0.2) is 0 Å². The SMILES string of the molecule is Cc1cc(C)c(C)c(O[C@H](C)C(=O)N[C@@H](C)c2ccc(C(C)(C)C)cc2)c1. The summed E-state index contributed by atoms with van der Waals surface area (Å²) < 4.78 is 5.96. The van der Waals surface area contributed by atoms with Crippen LogP contribution < -0.4 is 10.1 Å². The first kappa shape index (κ1) is 21.0. The number of amides is 1. The van der Waals surface area contributed by atoms with E-state index in [2.05, 4.69) is 63.3 Å². The lowest BCUT2D eigenvalue weighted by Crippen LogP contribution is -2.37. The van der Waals surface area contributed by atoms with Gasteiger partial charge in [0.2, 0.25) is 0 Å². The third kappa shape index (κ3) is 5.35. The summed E-state index contributed by atoms with van der Waals surface area (Å²) in [5.74, 6) is 0.665. The van der Waals surface area contributed by atoms with E-state index in [1.807, 2.05) is 26.8 Å². The first-order valence-corrected chi connectivity index (χ1v) is 9.64. The van der Waals surface area contributed by atoms with Crippen LogP contribution in [0.4, 0.5) is 0 Å². The maximum absolute atomic E-state index is 12.6. The van der Waals surface area contributed by atoms with E-state index in [4.69, 9.17) is 4.74 Å². The van der Waals surface area contributed by atoms with E-state index in [0.29, 0.717) is 0 Å². The monoisotopic (exact) mass is 367 g/mol. The quantitative estimate of drug-likeness (QED) is 0.752. The van der Waals surface area contributed by atoms with E-state index in [1.165, 1.54) is 11.1 Å². The molecule has 0 saturated carbocycles. The lowest BCUT2D eigenvalue weighted by Gasteiger charge is -2.22. The van der Waals surface area contributed by atoms with Crippen LogP contribution in [0.1, 0.15) is 68.5 Å². The van der Waals surface area contributed by atoms with Gasteiger partial charge in [-0.1, -0.05) is 51.1 Å². The Morgan fingerprint density at radius 2 is 1.59 bits per heavy atom. The van der Waals surface area contributed by atoms with Crippen molar-refractivity contribution in [3.8, 4) is 5.75 Å². The topological polar surface area (TPSA) is 38.3 Å². The minimum absolute atomic E-state index is 0.0714. The maximum atomic E-state index is 12.6. The Labute approximate surface area is 164 Å². The van der Waals surface area contributed by atoms with Crippen molar-refractivity contribution >= 4 is 5.91 Å². The van der Waals surface area contributed by atoms with E-state index < -0.39 is 6.10 Å². The highest BCUT2D eigenvalue weighted by atomic mass is 16.5. The summed E-state index contributed by atoms with van der Waals surface area (Å²) in [7, 11) is 0. The second-order valence-electron chi connectivity index (χ2n) is 8.57. The molecule has 0 aliphatic rings. The summed E-state index contributed by atoms with van der Waals surface area (Å²) in [6.07, 6.45) is -0.554. The second-order valence-corrected chi connectivity index (χ2v) is 8.57. The molecule has 0 aromatic heterocycles. The molecule has 1 amide bonds. The van der Waals surface area contributed by atoms with Gasteiger partial charge in [-0.3, -0.25) is 4.79 Å². The predicted molar refractivity (Wildman–Crippen MR) is 112 cm³/mol. The lowest BCUT2D eigenvalue weighted by molar-refractivity contribution is -0.127. The normalized spacial score (nSPS) is 13.8. The Kier molecular flexibility index (Phi) is 6.35. The molecule has 3 nitrogen and oxygen atoms in total. The molecule has 2 rings (SSSR count). The summed E-state index contributed by atoms with van der Waals surface area (Å²) in [6, 6.07) is 12.5. The summed E-state index contributed by atoms with van der Waals surface area (Å²) >= 11 is 0. The first-order valence-electron chi connectivity index (χ1n) is 9.64. The van der Waals surface area contributed by atoms with E-state index in [9.17, 15) is 4.79 Å². The van der Waals surface area contributed by atoms with Crippen LogP contribution in [-0.2, 0) is 10.2 Å². The highest BCUT2D eigenvalue weighted by Crippen LogP contribution is 2.25. The molecular weight excluding hydrogens is 334 g/mol. The van der Waals surface area contributed by atoms with Crippen LogP contribution in [0.15, 0.2) is 36.4 Å². The molecule has 0 heterocycles. The van der Waals surface area contributed by atoms with Crippen molar-refractivity contribution in [1.29, 1.82) is 0 Å². The van der Waals surface area contributed by atoms with Crippen LogP contribution in [0.2, 0.25) is 0 Å². The molecular formula is C24H33NO2. The molecule has 0 radical (unpaired) electrons. The van der Waals surface area contributed by atoms with Crippen LogP contribution in [-0.4, -0.2) is 12.0 Å². The Bertz CT molecular complexity index is 800. The third-order valence-electron chi connectivity index (χ3n) is 5.07. The van der Waals surface area contributed by atoms with E-state index in [1.54, 1.807) is 6.92 Å². The molecule has 0 spiro atoms. The molecule has 3 heteroatoms. The fourth-order valence-electron chi connectivity index (χ4n) is 3.05. The van der Waals surface area contributed by atoms with Gasteiger partial charge in [-0.15, -0.1) is 0 Å². The highest BCUT2D eigenvalue weighted by Gasteiger charge is 2.20. The molecule has 0 fully saturated rings. The fourth-order valence-corrected chi connectivity index (χ4v) is 3.05. The summed E-state index contributed by atoms with van der Waals surface area (Å²) in [4.78, 5) is 12.6. The second kappa shape index (κ2) is 8.16. The largest absolute Gasteiger partial charge is 0.481 e. The van der Waals surface area contributed by atoms with Gasteiger partial charge in [0.1, 0.15) is 5.75 Å². The first-order chi connectivity index (χ1) is 12.5. The van der Waals surface area contributed by atoms with E-state index in [-0.39, 0.29) is 17.4 Å². The van der Waals surface area contributed by atoms with Crippen LogP contribution >= 0.6 is 0 Å². The van der Waals surface area contributed by atoms with E-state index in [0.717, 1.165) is 22.4 Å². The summed E-state index contributed by atoms with van der Waals surface area (Å²) in [5.41, 5.74) is 5.87. The van der Waals surface area contributed by atoms with Gasteiger partial charge >= 0.3 is 0 Å². The number of nitrogens with one attached hydrogen (secondary N) is 1. The molecule has 0 bridgehead atoms. The van der Waals surface area contributed by atoms with Gasteiger partial charge in [0.15, 0.2) is 6.10 Å². The van der Waals surface area contributed by atoms with E-state index >= 15 is 0 Å². The zero-order chi connectivity index (χ0) is 20.4. The van der Waals surface area contributed by atoms with Gasteiger partial charge in [-0.05, 0) is 73.9 Å². The average molecular weight is 368 g/mol. The van der Waals surface area contributed by atoms with Crippen molar-refractivity contribution in [2.75, 3.05) is 0 Å². The molecule has 146 valence electrons. The van der Waals surface area contributed by atoms with Crippen molar-refractivity contribution in [3.05, 3.63) is 64.2 Å². The number of ether oxygens (including phenoxy) is 1. The number of carbonyl (C=O) groups is 1. The number of benzene rings is 2. The van der Waals surface area contributed by atoms with Crippen molar-refractivity contribution in [3.63, 3.8) is 0 Å². The molecule has 0 aliphatic carbocycles. The van der Waals surface area contributed by atoms with Crippen molar-refractivity contribution < 1.29 is 9.53 Å². The van der Waals surface area contributed by atoms with Gasteiger partial charge < -0.3 is 10.1 Å². The number of rotatable bonds is 5. The molecule has 0 unspecified atom stereocenters. The molecule has 27 heavy (non-hydrogen) atoms. The van der Waals surface area contributed by atoms with Crippen molar-refractivity contribution in [1.82, 2.24) is 5.32 Å². The van der Waals surface area contributed by atoms with Crippen LogP contribution in [0.25, 0.3) is 0 Å². The minimum atomic E-state index is -0.554. The summed E-state index contributed by atoms with van der Waals surface area (Å²) in [6.45, 7) is 16.5.